The minimum atomic E-state index is -2.48. The van der Waals surface area contributed by atoms with E-state index in [4.69, 9.17) is 20.2 Å². The van der Waals surface area contributed by atoms with Gasteiger partial charge in [0.15, 0.2) is 0 Å². The quantitative estimate of drug-likeness (QED) is 0.153. The molecule has 0 saturated heterocycles. The zero-order chi connectivity index (χ0) is 50.2. The fourth-order valence-corrected chi connectivity index (χ4v) is 8.85. The second-order valence-electron chi connectivity index (χ2n) is 21.2. The minimum absolute atomic E-state index is 0.114. The van der Waals surface area contributed by atoms with E-state index in [1.54, 1.807) is 7.11 Å². The standard InChI is InChI=1S/C61H67N3O/c1-37(2)41-19-21-42(22-20-41)44-25-26-62-53(35-44)47-30-46(33-48(34-47)59(6,7)8)51-17-16-18-55-56(51)63-58(52-28-38(3)27-40(5)57(52)65-15)64(55)54-24-23-43(29-39(54)4)45-31-49(60(9,10)11)36-50(32-45)61(12,13)14/h16-37H,1-15H3/i4D3,37D. The average molecular weight is 862 g/mol. The molecule has 0 fully saturated rings. The van der Waals surface area contributed by atoms with Gasteiger partial charge in [-0.1, -0.05) is 149 Å². The lowest BCUT2D eigenvalue weighted by atomic mass is 9.79. The van der Waals surface area contributed by atoms with Crippen molar-refractivity contribution in [3.8, 4) is 67.5 Å². The molecule has 8 aromatic rings. The zero-order valence-corrected chi connectivity index (χ0v) is 40.9. The largest absolute Gasteiger partial charge is 0.496 e. The molecule has 0 radical (unpaired) electrons. The first-order chi connectivity index (χ1) is 32.1. The van der Waals surface area contributed by atoms with Gasteiger partial charge in [-0.05, 0) is 158 Å². The summed E-state index contributed by atoms with van der Waals surface area (Å²) in [6.07, 6.45) is 1.86. The van der Waals surface area contributed by atoms with Crippen LogP contribution in [0, 0.1) is 20.7 Å². The maximum absolute atomic E-state index is 9.12. The summed E-state index contributed by atoms with van der Waals surface area (Å²) >= 11 is 0. The van der Waals surface area contributed by atoms with E-state index in [0.717, 1.165) is 83.5 Å². The molecule has 332 valence electrons. The molecule has 0 aliphatic rings. The van der Waals surface area contributed by atoms with Gasteiger partial charge in [-0.2, -0.15) is 0 Å². The van der Waals surface area contributed by atoms with Crippen LogP contribution in [0.1, 0.15) is 126 Å². The highest BCUT2D eigenvalue weighted by molar-refractivity contribution is 5.97. The predicted molar refractivity (Wildman–Crippen MR) is 277 cm³/mol. The van der Waals surface area contributed by atoms with Gasteiger partial charge in [0.25, 0.3) is 0 Å². The summed E-state index contributed by atoms with van der Waals surface area (Å²) in [6, 6.07) is 42.0. The summed E-state index contributed by atoms with van der Waals surface area (Å²) in [5.74, 6) is 0.583. The van der Waals surface area contributed by atoms with Crippen molar-refractivity contribution in [2.75, 3.05) is 7.11 Å². The molecule has 4 nitrogen and oxygen atoms in total. The number of hydrogen-bond acceptors (Lipinski definition) is 3. The lowest BCUT2D eigenvalue weighted by Crippen LogP contribution is -2.16. The first kappa shape index (κ1) is 40.3. The molecule has 0 spiro atoms. The summed E-state index contributed by atoms with van der Waals surface area (Å²) in [5.41, 5.74) is 16.7. The maximum Gasteiger partial charge on any atom is 0.149 e. The molecule has 8 rings (SSSR count). The van der Waals surface area contributed by atoms with Gasteiger partial charge in [0.2, 0.25) is 0 Å². The van der Waals surface area contributed by atoms with Crippen LogP contribution in [-0.2, 0) is 16.2 Å². The van der Waals surface area contributed by atoms with E-state index in [2.05, 4.69) is 148 Å². The first-order valence-corrected chi connectivity index (χ1v) is 22.8. The van der Waals surface area contributed by atoms with Crippen LogP contribution in [0.4, 0.5) is 0 Å². The Morgan fingerprint density at radius 2 is 1.20 bits per heavy atom. The Labute approximate surface area is 394 Å². The Bertz CT molecular complexity index is 3210. The third-order valence-electron chi connectivity index (χ3n) is 12.7. The smallest absolute Gasteiger partial charge is 0.149 e. The number of benzene rings is 6. The SMILES string of the molecule is [2H]C([2H])([2H])c1cc(-c2cc(C(C)(C)C)cc(C(C)(C)C)c2)ccc1-n1c(-c2cc(C)cc(C)c2OC)nc2c(-c3cc(-c4cc(-c5ccc(C([2H])(C)C)cc5)ccn4)cc(C(C)(C)C)c3)cccc21. The molecule has 0 saturated carbocycles. The van der Waals surface area contributed by atoms with Crippen LogP contribution < -0.4 is 4.74 Å². The van der Waals surface area contributed by atoms with Crippen LogP contribution in [-0.4, -0.2) is 21.6 Å². The van der Waals surface area contributed by atoms with Gasteiger partial charge < -0.3 is 4.74 Å². The Balaban J connectivity index is 1.38. The van der Waals surface area contributed by atoms with E-state index in [-0.39, 0.29) is 21.8 Å². The number of methoxy groups -OCH3 is 1. The maximum atomic E-state index is 9.12. The topological polar surface area (TPSA) is 39.9 Å². The van der Waals surface area contributed by atoms with E-state index in [0.29, 0.717) is 17.3 Å². The number of imidazole rings is 1. The molecule has 0 N–H and O–H groups in total. The average Bonchev–Trinajstić information content (AvgIpc) is 3.66. The third-order valence-corrected chi connectivity index (χ3v) is 12.7. The summed E-state index contributed by atoms with van der Waals surface area (Å²) in [5, 5.41) is 0. The van der Waals surface area contributed by atoms with Crippen molar-refractivity contribution in [1.82, 2.24) is 14.5 Å². The van der Waals surface area contributed by atoms with Crippen LogP contribution in [0.15, 0.2) is 128 Å². The molecule has 0 aliphatic heterocycles. The van der Waals surface area contributed by atoms with Gasteiger partial charge in [-0.3, -0.25) is 9.55 Å². The molecule has 6 aromatic carbocycles. The second kappa shape index (κ2) is 16.9. The zero-order valence-electron chi connectivity index (χ0n) is 44.9. The highest BCUT2D eigenvalue weighted by Gasteiger charge is 2.25. The molecular formula is C61H67N3O. The number of aryl methyl sites for hydroxylation is 3. The molecule has 0 atom stereocenters. The molecule has 65 heavy (non-hydrogen) atoms. The van der Waals surface area contributed by atoms with Crippen LogP contribution in [0.25, 0.3) is 72.7 Å². The number of nitrogens with zero attached hydrogens (tertiary/aromatic N) is 3. The monoisotopic (exact) mass is 862 g/mol. The van der Waals surface area contributed by atoms with Crippen molar-refractivity contribution in [1.29, 1.82) is 0 Å². The summed E-state index contributed by atoms with van der Waals surface area (Å²) in [4.78, 5) is 10.5. The van der Waals surface area contributed by atoms with Gasteiger partial charge in [0, 0.05) is 22.8 Å². The van der Waals surface area contributed by atoms with Crippen molar-refractivity contribution >= 4 is 11.0 Å². The Kier molecular flexibility index (Phi) is 10.5. The molecule has 2 aromatic heterocycles. The Hall–Kier alpha value is -6.26. The molecule has 0 unspecified atom stereocenters. The summed E-state index contributed by atoms with van der Waals surface area (Å²) < 4.78 is 44.0. The van der Waals surface area contributed by atoms with Crippen LogP contribution in [0.5, 0.6) is 5.75 Å². The van der Waals surface area contributed by atoms with Crippen molar-refractivity contribution in [3.05, 3.63) is 166 Å². The summed E-state index contributed by atoms with van der Waals surface area (Å²) in [6.45, 7) is 25.4. The van der Waals surface area contributed by atoms with Crippen LogP contribution in [0.2, 0.25) is 0 Å². The van der Waals surface area contributed by atoms with Crippen molar-refractivity contribution < 1.29 is 10.2 Å². The molecule has 0 amide bonds. The minimum Gasteiger partial charge on any atom is -0.496 e. The highest BCUT2D eigenvalue weighted by Crippen LogP contribution is 2.43. The van der Waals surface area contributed by atoms with Crippen molar-refractivity contribution in [3.63, 3.8) is 0 Å². The number of fused-ring (bicyclic) bond motifs is 1. The van der Waals surface area contributed by atoms with Gasteiger partial charge in [-0.15, -0.1) is 0 Å². The predicted octanol–water partition coefficient (Wildman–Crippen LogP) is 16.7. The second-order valence-corrected chi connectivity index (χ2v) is 21.2. The van der Waals surface area contributed by atoms with E-state index in [1.807, 2.05) is 74.0 Å². The lowest BCUT2D eigenvalue weighted by Gasteiger charge is -2.26. The third kappa shape index (κ3) is 9.06. The Morgan fingerprint density at radius 3 is 1.83 bits per heavy atom. The number of pyridine rings is 1. The molecular weight excluding hydrogens is 791 g/mol. The van der Waals surface area contributed by atoms with Crippen molar-refractivity contribution in [2.45, 2.75) is 119 Å². The Morgan fingerprint density at radius 1 is 0.585 bits per heavy atom. The van der Waals surface area contributed by atoms with Crippen molar-refractivity contribution in [2.24, 2.45) is 0 Å². The molecule has 4 heteroatoms. The van der Waals surface area contributed by atoms with Crippen LogP contribution >= 0.6 is 0 Å². The first-order valence-electron chi connectivity index (χ1n) is 24.8. The number of ether oxygens (including phenoxy) is 1. The summed E-state index contributed by atoms with van der Waals surface area (Å²) in [7, 11) is 1.68. The molecule has 2 heterocycles. The van der Waals surface area contributed by atoms with Gasteiger partial charge in [-0.25, -0.2) is 4.98 Å². The number of para-hydroxylation sites is 1. The number of hydrogen-bond donors (Lipinski definition) is 0. The van der Waals surface area contributed by atoms with Crippen LogP contribution in [0.3, 0.4) is 0 Å². The van der Waals surface area contributed by atoms with Gasteiger partial charge >= 0.3 is 0 Å². The van der Waals surface area contributed by atoms with Gasteiger partial charge in [0.1, 0.15) is 11.6 Å². The fraction of sp³-hybridized carbons (Fsp3) is 0.311. The number of rotatable bonds is 8. The van der Waals surface area contributed by atoms with E-state index in [1.165, 1.54) is 11.1 Å². The fourth-order valence-electron chi connectivity index (χ4n) is 8.85. The molecule has 0 aliphatic carbocycles. The lowest BCUT2D eigenvalue weighted by molar-refractivity contribution is 0.413. The van der Waals surface area contributed by atoms with E-state index >= 15 is 0 Å². The van der Waals surface area contributed by atoms with E-state index < -0.39 is 12.7 Å². The molecule has 0 bridgehead atoms. The highest BCUT2D eigenvalue weighted by atomic mass is 16.5. The van der Waals surface area contributed by atoms with Gasteiger partial charge in [0.05, 0.1) is 35.1 Å². The van der Waals surface area contributed by atoms with E-state index in [9.17, 15) is 0 Å². The normalized spacial score (nSPS) is 13.6. The number of aromatic nitrogens is 3.